The van der Waals surface area contributed by atoms with Crippen molar-refractivity contribution in [3.8, 4) is 0 Å². The first-order valence-electron chi connectivity index (χ1n) is 7.08. The SMILES string of the molecule is CN(c1ccc(C2CC2)c(F)c1)C(C=O)c1cccnc1. The summed E-state index contributed by atoms with van der Waals surface area (Å²) in [5, 5.41) is 0. The fourth-order valence-electron chi connectivity index (χ4n) is 2.57. The molecule has 1 aliphatic carbocycles. The number of aromatic nitrogens is 1. The number of anilines is 1. The lowest BCUT2D eigenvalue weighted by Gasteiger charge is -2.26. The fraction of sp³-hybridized carbons (Fsp3) is 0.294. The molecule has 3 rings (SSSR count). The maximum absolute atomic E-state index is 14.1. The van der Waals surface area contributed by atoms with Crippen LogP contribution in [0, 0.1) is 5.82 Å². The van der Waals surface area contributed by atoms with Gasteiger partial charge >= 0.3 is 0 Å². The molecule has 21 heavy (non-hydrogen) atoms. The van der Waals surface area contributed by atoms with Crippen molar-refractivity contribution in [1.82, 2.24) is 4.98 Å². The van der Waals surface area contributed by atoms with Crippen LogP contribution in [0.4, 0.5) is 10.1 Å². The number of rotatable bonds is 5. The van der Waals surface area contributed by atoms with E-state index >= 15 is 0 Å². The van der Waals surface area contributed by atoms with Gasteiger partial charge in [0.2, 0.25) is 0 Å². The topological polar surface area (TPSA) is 33.2 Å². The lowest BCUT2D eigenvalue weighted by atomic mass is 10.1. The van der Waals surface area contributed by atoms with Crippen LogP contribution in [0.1, 0.15) is 35.9 Å². The lowest BCUT2D eigenvalue weighted by Crippen LogP contribution is -2.25. The highest BCUT2D eigenvalue weighted by Crippen LogP contribution is 2.42. The summed E-state index contributed by atoms with van der Waals surface area (Å²) in [6.45, 7) is 0. The molecule has 0 N–H and O–H groups in total. The van der Waals surface area contributed by atoms with Crippen LogP contribution in [0.2, 0.25) is 0 Å². The third-order valence-corrected chi connectivity index (χ3v) is 3.98. The number of carbonyl (C=O) groups excluding carboxylic acids is 1. The molecule has 0 saturated heterocycles. The highest BCUT2D eigenvalue weighted by molar-refractivity contribution is 5.68. The van der Waals surface area contributed by atoms with E-state index in [1.54, 1.807) is 30.4 Å². The van der Waals surface area contributed by atoms with Gasteiger partial charge in [0.1, 0.15) is 18.1 Å². The summed E-state index contributed by atoms with van der Waals surface area (Å²) in [6.07, 6.45) is 6.31. The van der Waals surface area contributed by atoms with E-state index in [9.17, 15) is 9.18 Å². The second-order valence-electron chi connectivity index (χ2n) is 5.46. The Morgan fingerprint density at radius 2 is 2.19 bits per heavy atom. The zero-order chi connectivity index (χ0) is 14.8. The summed E-state index contributed by atoms with van der Waals surface area (Å²) in [5.74, 6) is 0.197. The number of carbonyl (C=O) groups is 1. The highest BCUT2D eigenvalue weighted by Gasteiger charge is 2.27. The molecule has 1 heterocycles. The highest BCUT2D eigenvalue weighted by atomic mass is 19.1. The van der Waals surface area contributed by atoms with Crippen LogP contribution < -0.4 is 4.90 Å². The van der Waals surface area contributed by atoms with Crippen molar-refractivity contribution in [3.63, 3.8) is 0 Å². The minimum absolute atomic E-state index is 0.183. The molecular weight excluding hydrogens is 267 g/mol. The number of pyridine rings is 1. The van der Waals surface area contributed by atoms with Crippen LogP contribution in [-0.4, -0.2) is 18.3 Å². The molecule has 1 saturated carbocycles. The summed E-state index contributed by atoms with van der Waals surface area (Å²) < 4.78 is 14.1. The molecule has 1 aliphatic rings. The first kappa shape index (κ1) is 13.7. The van der Waals surface area contributed by atoms with E-state index in [0.717, 1.165) is 30.3 Å². The van der Waals surface area contributed by atoms with Crippen LogP contribution in [0.25, 0.3) is 0 Å². The van der Waals surface area contributed by atoms with Gasteiger partial charge in [-0.05, 0) is 48.1 Å². The molecule has 108 valence electrons. The van der Waals surface area contributed by atoms with Crippen LogP contribution in [0.3, 0.4) is 0 Å². The van der Waals surface area contributed by atoms with Crippen LogP contribution >= 0.6 is 0 Å². The molecule has 1 unspecified atom stereocenters. The van der Waals surface area contributed by atoms with Crippen LogP contribution in [-0.2, 0) is 4.79 Å². The van der Waals surface area contributed by atoms with Crippen molar-refractivity contribution in [2.75, 3.05) is 11.9 Å². The Bertz CT molecular complexity index is 640. The maximum Gasteiger partial charge on any atom is 0.147 e. The quantitative estimate of drug-likeness (QED) is 0.788. The van der Waals surface area contributed by atoms with Gasteiger partial charge in [-0.25, -0.2) is 4.39 Å². The number of likely N-dealkylation sites (N-methyl/N-ethyl adjacent to an activating group) is 1. The molecule has 1 aromatic carbocycles. The standard InChI is InChI=1S/C17H17FN2O/c1-20(17(11-21)13-3-2-8-19-10-13)14-6-7-15(12-4-5-12)16(18)9-14/h2-3,6-12,17H,4-5H2,1H3. The van der Waals surface area contributed by atoms with E-state index in [4.69, 9.17) is 0 Å². The van der Waals surface area contributed by atoms with Crippen molar-refractivity contribution in [3.05, 3.63) is 59.7 Å². The Morgan fingerprint density at radius 1 is 1.38 bits per heavy atom. The first-order chi connectivity index (χ1) is 10.2. The van der Waals surface area contributed by atoms with Crippen molar-refractivity contribution in [1.29, 1.82) is 0 Å². The molecule has 1 fully saturated rings. The summed E-state index contributed by atoms with van der Waals surface area (Å²) in [6, 6.07) is 8.40. The number of benzene rings is 1. The average molecular weight is 284 g/mol. The van der Waals surface area contributed by atoms with Crippen molar-refractivity contribution >= 4 is 12.0 Å². The largest absolute Gasteiger partial charge is 0.361 e. The minimum Gasteiger partial charge on any atom is -0.361 e. The molecule has 1 atom stereocenters. The van der Waals surface area contributed by atoms with Crippen molar-refractivity contribution in [2.24, 2.45) is 0 Å². The number of aldehydes is 1. The van der Waals surface area contributed by atoms with E-state index in [2.05, 4.69) is 4.98 Å². The number of nitrogens with zero attached hydrogens (tertiary/aromatic N) is 2. The van der Waals surface area contributed by atoms with E-state index in [0.29, 0.717) is 11.6 Å². The van der Waals surface area contributed by atoms with Gasteiger partial charge in [0.15, 0.2) is 0 Å². The van der Waals surface area contributed by atoms with Crippen molar-refractivity contribution in [2.45, 2.75) is 24.8 Å². The normalized spacial score (nSPS) is 15.5. The van der Waals surface area contributed by atoms with Gasteiger partial charge in [0.05, 0.1) is 0 Å². The Labute approximate surface area is 123 Å². The van der Waals surface area contributed by atoms with Gasteiger partial charge in [0, 0.05) is 25.1 Å². The maximum atomic E-state index is 14.1. The van der Waals surface area contributed by atoms with Gasteiger partial charge in [-0.15, -0.1) is 0 Å². The molecule has 0 amide bonds. The first-order valence-corrected chi connectivity index (χ1v) is 7.08. The zero-order valence-corrected chi connectivity index (χ0v) is 11.9. The Kier molecular flexibility index (Phi) is 3.69. The zero-order valence-electron chi connectivity index (χ0n) is 11.9. The predicted octanol–water partition coefficient (Wildman–Crippen LogP) is 3.47. The summed E-state index contributed by atoms with van der Waals surface area (Å²) in [7, 11) is 1.79. The minimum atomic E-state index is -0.468. The monoisotopic (exact) mass is 284 g/mol. The van der Waals surface area contributed by atoms with E-state index < -0.39 is 6.04 Å². The second kappa shape index (κ2) is 5.64. The van der Waals surface area contributed by atoms with E-state index in [1.165, 1.54) is 6.07 Å². The molecule has 0 bridgehead atoms. The Balaban J connectivity index is 1.88. The Morgan fingerprint density at radius 3 is 2.76 bits per heavy atom. The van der Waals surface area contributed by atoms with Gasteiger partial charge in [-0.3, -0.25) is 4.98 Å². The number of halogens is 1. The van der Waals surface area contributed by atoms with Gasteiger partial charge < -0.3 is 9.69 Å². The Hall–Kier alpha value is -2.23. The summed E-state index contributed by atoms with van der Waals surface area (Å²) >= 11 is 0. The third kappa shape index (κ3) is 2.79. The number of hydrogen-bond acceptors (Lipinski definition) is 3. The molecule has 2 aromatic rings. The molecular formula is C17H17FN2O. The summed E-state index contributed by atoms with van der Waals surface area (Å²) in [4.78, 5) is 17.2. The van der Waals surface area contributed by atoms with E-state index in [-0.39, 0.29) is 5.82 Å². The van der Waals surface area contributed by atoms with E-state index in [1.807, 2.05) is 18.2 Å². The molecule has 3 nitrogen and oxygen atoms in total. The van der Waals surface area contributed by atoms with Gasteiger partial charge in [0.25, 0.3) is 0 Å². The van der Waals surface area contributed by atoms with Crippen LogP contribution in [0.15, 0.2) is 42.7 Å². The molecule has 4 heteroatoms. The number of hydrogen-bond donors (Lipinski definition) is 0. The summed E-state index contributed by atoms with van der Waals surface area (Å²) in [5.41, 5.74) is 2.27. The van der Waals surface area contributed by atoms with Gasteiger partial charge in [-0.2, -0.15) is 0 Å². The molecule has 0 spiro atoms. The molecule has 0 aliphatic heterocycles. The van der Waals surface area contributed by atoms with Gasteiger partial charge in [-0.1, -0.05) is 12.1 Å². The molecule has 0 radical (unpaired) electrons. The average Bonchev–Trinajstić information content (AvgIpc) is 3.33. The predicted molar refractivity (Wildman–Crippen MR) is 79.8 cm³/mol. The molecule has 1 aromatic heterocycles. The lowest BCUT2D eigenvalue weighted by molar-refractivity contribution is -0.109. The third-order valence-electron chi connectivity index (χ3n) is 3.98. The van der Waals surface area contributed by atoms with Crippen LogP contribution in [0.5, 0.6) is 0 Å². The second-order valence-corrected chi connectivity index (χ2v) is 5.46. The smallest absolute Gasteiger partial charge is 0.147 e. The van der Waals surface area contributed by atoms with Crippen molar-refractivity contribution < 1.29 is 9.18 Å². The fourth-order valence-corrected chi connectivity index (χ4v) is 2.57.